The van der Waals surface area contributed by atoms with Crippen molar-refractivity contribution in [2.75, 3.05) is 0 Å². The van der Waals surface area contributed by atoms with E-state index in [-0.39, 0.29) is 11.9 Å². The zero-order valence-electron chi connectivity index (χ0n) is 6.63. The minimum Gasteiger partial charge on any atom is -0.324 e. The summed E-state index contributed by atoms with van der Waals surface area (Å²) >= 11 is 0. The molecule has 2 N–H and O–H groups in total. The van der Waals surface area contributed by atoms with Gasteiger partial charge in [0, 0.05) is 6.04 Å². The van der Waals surface area contributed by atoms with Gasteiger partial charge in [0.1, 0.15) is 5.82 Å². The summed E-state index contributed by atoms with van der Waals surface area (Å²) in [7, 11) is 0. The first-order chi connectivity index (χ1) is 5.77. The third kappa shape index (κ3) is 1.14. The van der Waals surface area contributed by atoms with Crippen LogP contribution in [-0.2, 0) is 6.42 Å². The highest BCUT2D eigenvalue weighted by atomic mass is 19.1. The van der Waals surface area contributed by atoms with E-state index in [1.54, 1.807) is 6.07 Å². The Labute approximate surface area is 70.7 Å². The quantitative estimate of drug-likeness (QED) is 0.619. The van der Waals surface area contributed by atoms with Crippen LogP contribution in [-0.4, -0.2) is 6.04 Å². The molecule has 0 amide bonds. The molecule has 12 heavy (non-hydrogen) atoms. The van der Waals surface area contributed by atoms with Crippen LogP contribution in [0.15, 0.2) is 24.3 Å². The molecule has 62 valence electrons. The standard InChI is InChI=1S/C10H10FN/c11-10-3-1-2-7-4-5-8(12)6-9(7)10/h1-5,8H,6,12H2. The largest absolute Gasteiger partial charge is 0.324 e. The molecule has 1 aliphatic rings. The van der Waals surface area contributed by atoms with E-state index in [0.717, 1.165) is 11.1 Å². The van der Waals surface area contributed by atoms with Crippen LogP contribution in [0.4, 0.5) is 4.39 Å². The molecule has 0 aliphatic heterocycles. The Hall–Kier alpha value is -1.15. The lowest BCUT2D eigenvalue weighted by molar-refractivity contribution is 0.600. The maximum atomic E-state index is 13.2. The Morgan fingerprint density at radius 1 is 1.42 bits per heavy atom. The number of nitrogens with two attached hydrogens (primary N) is 1. The van der Waals surface area contributed by atoms with Crippen molar-refractivity contribution in [1.29, 1.82) is 0 Å². The van der Waals surface area contributed by atoms with E-state index in [0.29, 0.717) is 6.42 Å². The van der Waals surface area contributed by atoms with Gasteiger partial charge in [-0.1, -0.05) is 24.3 Å². The third-order valence-electron chi connectivity index (χ3n) is 2.12. The van der Waals surface area contributed by atoms with Gasteiger partial charge in [-0.25, -0.2) is 4.39 Å². The van der Waals surface area contributed by atoms with Crippen molar-refractivity contribution in [2.45, 2.75) is 12.5 Å². The number of hydrogen-bond acceptors (Lipinski definition) is 1. The highest BCUT2D eigenvalue weighted by Crippen LogP contribution is 2.20. The van der Waals surface area contributed by atoms with Crippen LogP contribution in [0.5, 0.6) is 0 Å². The first-order valence-electron chi connectivity index (χ1n) is 3.98. The maximum Gasteiger partial charge on any atom is 0.127 e. The fourth-order valence-electron chi connectivity index (χ4n) is 1.48. The minimum atomic E-state index is -0.146. The van der Waals surface area contributed by atoms with Crippen molar-refractivity contribution >= 4 is 6.08 Å². The highest BCUT2D eigenvalue weighted by molar-refractivity contribution is 5.57. The zero-order chi connectivity index (χ0) is 8.55. The van der Waals surface area contributed by atoms with Gasteiger partial charge in [-0.15, -0.1) is 0 Å². The normalized spacial score (nSPS) is 20.7. The molecule has 1 unspecified atom stereocenters. The summed E-state index contributed by atoms with van der Waals surface area (Å²) in [5.74, 6) is -0.146. The summed E-state index contributed by atoms with van der Waals surface area (Å²) in [6.45, 7) is 0. The fraction of sp³-hybridized carbons (Fsp3) is 0.200. The molecule has 1 aliphatic carbocycles. The van der Waals surface area contributed by atoms with Crippen LogP contribution in [0.1, 0.15) is 11.1 Å². The monoisotopic (exact) mass is 163 g/mol. The van der Waals surface area contributed by atoms with E-state index in [1.165, 1.54) is 6.07 Å². The van der Waals surface area contributed by atoms with E-state index >= 15 is 0 Å². The Kier molecular flexibility index (Phi) is 1.70. The highest BCUT2D eigenvalue weighted by Gasteiger charge is 2.13. The summed E-state index contributed by atoms with van der Waals surface area (Å²) in [6, 6.07) is 5.07. The molecule has 2 rings (SSSR count). The number of rotatable bonds is 0. The second-order valence-electron chi connectivity index (χ2n) is 3.03. The molecule has 0 aromatic heterocycles. The molecule has 0 saturated carbocycles. The smallest absolute Gasteiger partial charge is 0.127 e. The third-order valence-corrected chi connectivity index (χ3v) is 2.12. The second-order valence-corrected chi connectivity index (χ2v) is 3.03. The van der Waals surface area contributed by atoms with E-state index in [9.17, 15) is 4.39 Å². The van der Waals surface area contributed by atoms with Gasteiger partial charge >= 0.3 is 0 Å². The molecule has 2 heteroatoms. The molecule has 0 radical (unpaired) electrons. The second kappa shape index (κ2) is 2.72. The van der Waals surface area contributed by atoms with E-state index in [4.69, 9.17) is 5.73 Å². The predicted octanol–water partition coefficient (Wildman–Crippen LogP) is 1.72. The Balaban J connectivity index is 2.53. The Bertz CT molecular complexity index is 331. The van der Waals surface area contributed by atoms with E-state index < -0.39 is 0 Å². The average molecular weight is 163 g/mol. The van der Waals surface area contributed by atoms with Crippen molar-refractivity contribution in [3.8, 4) is 0 Å². The number of fused-ring (bicyclic) bond motifs is 1. The first kappa shape index (κ1) is 7.50. The number of benzene rings is 1. The molecule has 0 spiro atoms. The van der Waals surface area contributed by atoms with Gasteiger partial charge in [0.2, 0.25) is 0 Å². The molecule has 1 aromatic rings. The van der Waals surface area contributed by atoms with E-state index in [1.807, 2.05) is 18.2 Å². The van der Waals surface area contributed by atoms with Gasteiger partial charge in [0.05, 0.1) is 0 Å². The lowest BCUT2D eigenvalue weighted by Gasteiger charge is -2.15. The summed E-state index contributed by atoms with van der Waals surface area (Å²) < 4.78 is 13.2. The minimum absolute atomic E-state index is 0.0330. The summed E-state index contributed by atoms with van der Waals surface area (Å²) in [5, 5.41) is 0. The topological polar surface area (TPSA) is 26.0 Å². The van der Waals surface area contributed by atoms with Crippen LogP contribution in [0.25, 0.3) is 6.08 Å². The Morgan fingerprint density at radius 2 is 2.25 bits per heavy atom. The van der Waals surface area contributed by atoms with Crippen LogP contribution in [0.3, 0.4) is 0 Å². The van der Waals surface area contributed by atoms with Gasteiger partial charge in [0.15, 0.2) is 0 Å². The predicted molar refractivity (Wildman–Crippen MR) is 47.1 cm³/mol. The van der Waals surface area contributed by atoms with Gasteiger partial charge in [-0.05, 0) is 23.6 Å². The lowest BCUT2D eigenvalue weighted by atomic mass is 9.94. The molecule has 0 bridgehead atoms. The molecule has 1 aromatic carbocycles. The van der Waals surface area contributed by atoms with E-state index in [2.05, 4.69) is 0 Å². The fourth-order valence-corrected chi connectivity index (χ4v) is 1.48. The van der Waals surface area contributed by atoms with Crippen molar-refractivity contribution in [2.24, 2.45) is 5.73 Å². The first-order valence-corrected chi connectivity index (χ1v) is 3.98. The summed E-state index contributed by atoms with van der Waals surface area (Å²) in [4.78, 5) is 0. The molecular formula is C10H10FN. The summed E-state index contributed by atoms with van der Waals surface area (Å²) in [5.41, 5.74) is 7.36. The van der Waals surface area contributed by atoms with Crippen LogP contribution in [0.2, 0.25) is 0 Å². The summed E-state index contributed by atoms with van der Waals surface area (Å²) in [6.07, 6.45) is 4.40. The number of halogens is 1. The van der Waals surface area contributed by atoms with Gasteiger partial charge in [0.25, 0.3) is 0 Å². The van der Waals surface area contributed by atoms with Crippen molar-refractivity contribution in [3.05, 3.63) is 41.2 Å². The number of hydrogen-bond donors (Lipinski definition) is 1. The molecule has 0 heterocycles. The van der Waals surface area contributed by atoms with Crippen LogP contribution in [0, 0.1) is 5.82 Å². The maximum absolute atomic E-state index is 13.2. The van der Waals surface area contributed by atoms with Crippen LogP contribution < -0.4 is 5.73 Å². The zero-order valence-corrected chi connectivity index (χ0v) is 6.63. The Morgan fingerprint density at radius 3 is 3.08 bits per heavy atom. The average Bonchev–Trinajstić information content (AvgIpc) is 2.07. The molecular weight excluding hydrogens is 153 g/mol. The SMILES string of the molecule is NC1C=Cc2cccc(F)c2C1. The molecule has 0 saturated heterocycles. The van der Waals surface area contributed by atoms with Crippen molar-refractivity contribution in [3.63, 3.8) is 0 Å². The molecule has 1 atom stereocenters. The molecule has 0 fully saturated rings. The van der Waals surface area contributed by atoms with Crippen molar-refractivity contribution in [1.82, 2.24) is 0 Å². The van der Waals surface area contributed by atoms with Gasteiger partial charge in [-0.2, -0.15) is 0 Å². The van der Waals surface area contributed by atoms with Crippen LogP contribution >= 0.6 is 0 Å². The van der Waals surface area contributed by atoms with Crippen molar-refractivity contribution < 1.29 is 4.39 Å². The lowest BCUT2D eigenvalue weighted by Crippen LogP contribution is -2.23. The molecule has 1 nitrogen and oxygen atoms in total. The van der Waals surface area contributed by atoms with Gasteiger partial charge < -0.3 is 5.73 Å². The van der Waals surface area contributed by atoms with Gasteiger partial charge in [-0.3, -0.25) is 0 Å².